The van der Waals surface area contributed by atoms with Crippen molar-refractivity contribution in [2.75, 3.05) is 46.1 Å². The molecule has 2 fully saturated rings. The Balaban J connectivity index is 1.35. The molecule has 3 amide bonds. The van der Waals surface area contributed by atoms with Crippen LogP contribution < -0.4 is 9.47 Å². The molecule has 7 heteroatoms. The minimum absolute atomic E-state index is 0.0247. The maximum absolute atomic E-state index is 12.7. The molecule has 0 N–H and O–H groups in total. The average molecular weight is 345 g/mol. The third-order valence-electron chi connectivity index (χ3n) is 5.08. The maximum atomic E-state index is 12.7. The summed E-state index contributed by atoms with van der Waals surface area (Å²) in [5.41, 5.74) is 0.597. The lowest BCUT2D eigenvalue weighted by atomic mass is 10.1. The van der Waals surface area contributed by atoms with Crippen molar-refractivity contribution in [3.05, 3.63) is 23.8 Å². The van der Waals surface area contributed by atoms with Crippen molar-refractivity contribution in [1.29, 1.82) is 0 Å². The predicted octanol–water partition coefficient (Wildman–Crippen LogP) is 1.78. The number of piperazine rings is 1. The molecule has 3 aliphatic rings. The van der Waals surface area contributed by atoms with Crippen LogP contribution in [0.4, 0.5) is 4.79 Å². The van der Waals surface area contributed by atoms with E-state index in [2.05, 4.69) is 0 Å². The Morgan fingerprint density at radius 2 is 1.40 bits per heavy atom. The molecule has 1 aromatic rings. The van der Waals surface area contributed by atoms with Crippen molar-refractivity contribution < 1.29 is 19.1 Å². The molecule has 25 heavy (non-hydrogen) atoms. The molecule has 0 aliphatic carbocycles. The minimum Gasteiger partial charge on any atom is -0.454 e. The van der Waals surface area contributed by atoms with Crippen LogP contribution in [0, 0.1) is 0 Å². The minimum atomic E-state index is -0.0247. The van der Waals surface area contributed by atoms with Crippen LogP contribution in [0.3, 0.4) is 0 Å². The fraction of sp³-hybridized carbons (Fsp3) is 0.556. The van der Waals surface area contributed by atoms with Gasteiger partial charge in [0.1, 0.15) is 0 Å². The summed E-state index contributed by atoms with van der Waals surface area (Å²) < 4.78 is 10.6. The van der Waals surface area contributed by atoms with Gasteiger partial charge in [0, 0.05) is 44.8 Å². The first kappa shape index (κ1) is 16.1. The van der Waals surface area contributed by atoms with Gasteiger partial charge < -0.3 is 24.2 Å². The van der Waals surface area contributed by atoms with Crippen molar-refractivity contribution in [3.63, 3.8) is 0 Å². The lowest BCUT2D eigenvalue weighted by Gasteiger charge is -2.38. The zero-order valence-electron chi connectivity index (χ0n) is 14.3. The van der Waals surface area contributed by atoms with Crippen LogP contribution in [0.25, 0.3) is 0 Å². The lowest BCUT2D eigenvalue weighted by Crippen LogP contribution is -2.54. The van der Waals surface area contributed by atoms with Gasteiger partial charge in [0.25, 0.3) is 5.91 Å². The van der Waals surface area contributed by atoms with Crippen molar-refractivity contribution in [3.8, 4) is 11.5 Å². The molecule has 3 aliphatic heterocycles. The number of nitrogens with zero attached hydrogens (tertiary/aromatic N) is 3. The number of hydrogen-bond acceptors (Lipinski definition) is 4. The van der Waals surface area contributed by atoms with E-state index in [9.17, 15) is 9.59 Å². The molecule has 2 saturated heterocycles. The average Bonchev–Trinajstić information content (AvgIpc) is 3.15. The summed E-state index contributed by atoms with van der Waals surface area (Å²) in [7, 11) is 0. The van der Waals surface area contributed by atoms with Crippen molar-refractivity contribution in [1.82, 2.24) is 14.7 Å². The molecule has 1 aromatic carbocycles. The van der Waals surface area contributed by atoms with E-state index in [4.69, 9.17) is 9.47 Å². The number of carbonyl (C=O) groups is 2. The van der Waals surface area contributed by atoms with Crippen molar-refractivity contribution in [2.24, 2.45) is 0 Å². The highest BCUT2D eigenvalue weighted by atomic mass is 16.7. The van der Waals surface area contributed by atoms with Gasteiger partial charge in [0.15, 0.2) is 11.5 Å². The molecule has 3 heterocycles. The van der Waals surface area contributed by atoms with E-state index >= 15 is 0 Å². The topological polar surface area (TPSA) is 62.3 Å². The number of urea groups is 1. The number of carbonyl (C=O) groups excluding carboxylic acids is 2. The highest BCUT2D eigenvalue weighted by Crippen LogP contribution is 2.32. The van der Waals surface area contributed by atoms with E-state index in [-0.39, 0.29) is 18.7 Å². The first-order valence-corrected chi connectivity index (χ1v) is 8.95. The Kier molecular flexibility index (Phi) is 4.38. The van der Waals surface area contributed by atoms with E-state index in [0.717, 1.165) is 25.9 Å². The monoisotopic (exact) mass is 345 g/mol. The van der Waals surface area contributed by atoms with Crippen LogP contribution in [-0.4, -0.2) is 72.7 Å². The largest absolute Gasteiger partial charge is 0.454 e. The number of ether oxygens (including phenoxy) is 2. The Morgan fingerprint density at radius 1 is 0.760 bits per heavy atom. The molecular weight excluding hydrogens is 322 g/mol. The van der Waals surface area contributed by atoms with Gasteiger partial charge in [0.05, 0.1) is 0 Å². The summed E-state index contributed by atoms with van der Waals surface area (Å²) in [6.07, 6.45) is 3.39. The molecule has 0 unspecified atom stereocenters. The summed E-state index contributed by atoms with van der Waals surface area (Å²) in [6.45, 7) is 4.21. The second-order valence-corrected chi connectivity index (χ2v) is 6.68. The predicted molar refractivity (Wildman–Crippen MR) is 90.9 cm³/mol. The van der Waals surface area contributed by atoms with Crippen molar-refractivity contribution in [2.45, 2.75) is 19.3 Å². The first-order valence-electron chi connectivity index (χ1n) is 8.95. The van der Waals surface area contributed by atoms with Gasteiger partial charge in [-0.3, -0.25) is 4.79 Å². The summed E-state index contributed by atoms with van der Waals surface area (Å²) >= 11 is 0. The molecule has 0 radical (unpaired) electrons. The molecule has 0 spiro atoms. The van der Waals surface area contributed by atoms with Gasteiger partial charge in [-0.2, -0.15) is 0 Å². The molecule has 7 nitrogen and oxygen atoms in total. The van der Waals surface area contributed by atoms with Gasteiger partial charge >= 0.3 is 6.03 Å². The second-order valence-electron chi connectivity index (χ2n) is 6.68. The first-order chi connectivity index (χ1) is 12.2. The Morgan fingerprint density at radius 3 is 2.16 bits per heavy atom. The third kappa shape index (κ3) is 3.23. The number of benzene rings is 1. The van der Waals surface area contributed by atoms with Gasteiger partial charge in [-0.15, -0.1) is 0 Å². The molecule has 0 bridgehead atoms. The highest BCUT2D eigenvalue weighted by Gasteiger charge is 2.28. The summed E-state index contributed by atoms with van der Waals surface area (Å²) in [6, 6.07) is 5.39. The van der Waals surface area contributed by atoms with E-state index in [0.29, 0.717) is 43.2 Å². The maximum Gasteiger partial charge on any atom is 0.320 e. The SMILES string of the molecule is O=C(c1ccc2c(c1)OCO2)N1CCN(C(=O)N2CCCCC2)CC1. The summed E-state index contributed by atoms with van der Waals surface area (Å²) in [5, 5.41) is 0. The number of rotatable bonds is 1. The molecular formula is C18H23N3O4. The van der Waals surface area contributed by atoms with Crippen LogP contribution in [-0.2, 0) is 0 Å². The molecule has 134 valence electrons. The fourth-order valence-corrected chi connectivity index (χ4v) is 3.60. The Labute approximate surface area is 147 Å². The van der Waals surface area contributed by atoms with Gasteiger partial charge in [-0.1, -0.05) is 0 Å². The number of likely N-dealkylation sites (tertiary alicyclic amines) is 1. The molecule has 0 aromatic heterocycles. The number of amides is 3. The molecule has 0 saturated carbocycles. The molecule has 4 rings (SSSR count). The van der Waals surface area contributed by atoms with Gasteiger partial charge in [0.2, 0.25) is 6.79 Å². The van der Waals surface area contributed by atoms with Gasteiger partial charge in [-0.05, 0) is 37.5 Å². The van der Waals surface area contributed by atoms with E-state index in [1.165, 1.54) is 6.42 Å². The van der Waals surface area contributed by atoms with E-state index < -0.39 is 0 Å². The van der Waals surface area contributed by atoms with E-state index in [1.54, 1.807) is 23.1 Å². The zero-order valence-corrected chi connectivity index (χ0v) is 14.3. The van der Waals surface area contributed by atoms with Crippen LogP contribution in [0.1, 0.15) is 29.6 Å². The smallest absolute Gasteiger partial charge is 0.320 e. The summed E-state index contributed by atoms with van der Waals surface area (Å²) in [4.78, 5) is 30.9. The summed E-state index contributed by atoms with van der Waals surface area (Å²) in [5.74, 6) is 1.27. The zero-order chi connectivity index (χ0) is 17.2. The number of fused-ring (bicyclic) bond motifs is 1. The Hall–Kier alpha value is -2.44. The van der Waals surface area contributed by atoms with Crippen LogP contribution in [0.2, 0.25) is 0 Å². The highest BCUT2D eigenvalue weighted by molar-refractivity contribution is 5.95. The Bertz CT molecular complexity index is 664. The van der Waals surface area contributed by atoms with Gasteiger partial charge in [-0.25, -0.2) is 4.79 Å². The van der Waals surface area contributed by atoms with Crippen LogP contribution >= 0.6 is 0 Å². The standard InChI is InChI=1S/C18H23N3O4/c22-17(14-4-5-15-16(12-14)25-13-24-15)19-8-10-21(11-9-19)18(23)20-6-2-1-3-7-20/h4-5,12H,1-3,6-11,13H2. The second kappa shape index (κ2) is 6.82. The van der Waals surface area contributed by atoms with E-state index in [1.807, 2.05) is 9.80 Å². The normalized spacial score (nSPS) is 19.9. The van der Waals surface area contributed by atoms with Crippen LogP contribution in [0.15, 0.2) is 18.2 Å². The van der Waals surface area contributed by atoms with Crippen LogP contribution in [0.5, 0.6) is 11.5 Å². The molecule has 0 atom stereocenters. The number of piperidine rings is 1. The quantitative estimate of drug-likeness (QED) is 0.778. The van der Waals surface area contributed by atoms with Crippen molar-refractivity contribution >= 4 is 11.9 Å². The fourth-order valence-electron chi connectivity index (χ4n) is 3.60. The lowest BCUT2D eigenvalue weighted by molar-refractivity contribution is 0.0632. The number of hydrogen-bond donors (Lipinski definition) is 0. The third-order valence-corrected chi connectivity index (χ3v) is 5.08.